The van der Waals surface area contributed by atoms with Crippen molar-refractivity contribution in [1.82, 2.24) is 0 Å². The normalized spacial score (nSPS) is 10.4. The Morgan fingerprint density at radius 1 is 1.38 bits per heavy atom. The number of benzene rings is 1. The van der Waals surface area contributed by atoms with E-state index >= 15 is 0 Å². The maximum atomic E-state index is 5.87. The standard InChI is InChI=1S/C12H12BrNOS/c1-8-2-3-11(10(14)6-8)15-7-12-9(13)4-5-16-12/h2-6H,7,14H2,1H3. The monoisotopic (exact) mass is 297 g/mol. The van der Waals surface area contributed by atoms with E-state index in [0.29, 0.717) is 12.3 Å². The van der Waals surface area contributed by atoms with Crippen LogP contribution < -0.4 is 10.5 Å². The van der Waals surface area contributed by atoms with Gasteiger partial charge in [0.05, 0.1) is 10.6 Å². The van der Waals surface area contributed by atoms with Crippen molar-refractivity contribution < 1.29 is 4.74 Å². The Balaban J connectivity index is 2.08. The summed E-state index contributed by atoms with van der Waals surface area (Å²) in [6.45, 7) is 2.56. The van der Waals surface area contributed by atoms with Crippen LogP contribution in [-0.2, 0) is 6.61 Å². The summed E-state index contributed by atoms with van der Waals surface area (Å²) in [6, 6.07) is 7.84. The molecule has 0 amide bonds. The number of rotatable bonds is 3. The molecule has 0 unspecified atom stereocenters. The molecule has 1 heterocycles. The quantitative estimate of drug-likeness (QED) is 0.870. The summed E-state index contributed by atoms with van der Waals surface area (Å²) in [5.41, 5.74) is 7.69. The largest absolute Gasteiger partial charge is 0.486 e. The van der Waals surface area contributed by atoms with E-state index in [1.807, 2.05) is 36.6 Å². The Morgan fingerprint density at radius 3 is 2.81 bits per heavy atom. The zero-order valence-electron chi connectivity index (χ0n) is 8.87. The van der Waals surface area contributed by atoms with Gasteiger partial charge in [-0.15, -0.1) is 11.3 Å². The second-order valence-corrected chi connectivity index (χ2v) is 5.38. The minimum Gasteiger partial charge on any atom is -0.486 e. The van der Waals surface area contributed by atoms with Crippen LogP contribution in [0.15, 0.2) is 34.1 Å². The highest BCUT2D eigenvalue weighted by Crippen LogP contribution is 2.27. The zero-order valence-corrected chi connectivity index (χ0v) is 11.3. The van der Waals surface area contributed by atoms with Crippen molar-refractivity contribution in [1.29, 1.82) is 0 Å². The highest BCUT2D eigenvalue weighted by atomic mass is 79.9. The average molecular weight is 298 g/mol. The lowest BCUT2D eigenvalue weighted by atomic mass is 10.2. The number of nitrogen functional groups attached to an aromatic ring is 1. The van der Waals surface area contributed by atoms with Crippen molar-refractivity contribution in [2.24, 2.45) is 0 Å². The molecule has 2 nitrogen and oxygen atoms in total. The second-order valence-electron chi connectivity index (χ2n) is 3.52. The van der Waals surface area contributed by atoms with Gasteiger partial charge in [-0.1, -0.05) is 6.07 Å². The van der Waals surface area contributed by atoms with Crippen molar-refractivity contribution in [3.8, 4) is 5.75 Å². The highest BCUT2D eigenvalue weighted by Gasteiger charge is 2.04. The van der Waals surface area contributed by atoms with Crippen LogP contribution in [0.1, 0.15) is 10.4 Å². The number of aryl methyl sites for hydroxylation is 1. The SMILES string of the molecule is Cc1ccc(OCc2sccc2Br)c(N)c1. The smallest absolute Gasteiger partial charge is 0.142 e. The first kappa shape index (κ1) is 11.5. The Bertz CT molecular complexity index is 496. The predicted octanol–water partition coefficient (Wildman–Crippen LogP) is 3.98. The van der Waals surface area contributed by atoms with Crippen molar-refractivity contribution in [3.05, 3.63) is 44.6 Å². The fourth-order valence-electron chi connectivity index (χ4n) is 1.37. The molecule has 2 rings (SSSR count). The lowest BCUT2D eigenvalue weighted by Crippen LogP contribution is -1.97. The van der Waals surface area contributed by atoms with Gasteiger partial charge in [0.25, 0.3) is 0 Å². The molecule has 2 aromatic rings. The van der Waals surface area contributed by atoms with Gasteiger partial charge in [-0.3, -0.25) is 0 Å². The van der Waals surface area contributed by atoms with E-state index in [9.17, 15) is 0 Å². The van der Waals surface area contributed by atoms with Crippen LogP contribution in [0.2, 0.25) is 0 Å². The third kappa shape index (κ3) is 2.57. The van der Waals surface area contributed by atoms with E-state index in [4.69, 9.17) is 10.5 Å². The molecular weight excluding hydrogens is 286 g/mol. The van der Waals surface area contributed by atoms with Gasteiger partial charge in [0, 0.05) is 4.47 Å². The second kappa shape index (κ2) is 4.89. The Hall–Kier alpha value is -1.00. The Morgan fingerprint density at radius 2 is 2.19 bits per heavy atom. The van der Waals surface area contributed by atoms with Crippen molar-refractivity contribution in [3.63, 3.8) is 0 Å². The predicted molar refractivity (Wildman–Crippen MR) is 71.9 cm³/mol. The first-order valence-electron chi connectivity index (χ1n) is 4.87. The van der Waals surface area contributed by atoms with Crippen LogP contribution in [0, 0.1) is 6.92 Å². The van der Waals surface area contributed by atoms with Crippen molar-refractivity contribution >= 4 is 33.0 Å². The molecule has 16 heavy (non-hydrogen) atoms. The molecule has 0 saturated carbocycles. The maximum Gasteiger partial charge on any atom is 0.142 e. The van der Waals surface area contributed by atoms with Crippen molar-refractivity contribution in [2.75, 3.05) is 5.73 Å². The third-order valence-electron chi connectivity index (χ3n) is 2.22. The molecule has 0 spiro atoms. The fraction of sp³-hybridized carbons (Fsp3) is 0.167. The average Bonchev–Trinajstić information content (AvgIpc) is 2.63. The van der Waals surface area contributed by atoms with Gasteiger partial charge in [0.15, 0.2) is 0 Å². The lowest BCUT2D eigenvalue weighted by molar-refractivity contribution is 0.311. The zero-order chi connectivity index (χ0) is 11.5. The summed E-state index contributed by atoms with van der Waals surface area (Å²) in [5.74, 6) is 0.742. The summed E-state index contributed by atoms with van der Waals surface area (Å²) in [5, 5.41) is 2.03. The van der Waals surface area contributed by atoms with Crippen LogP contribution in [-0.4, -0.2) is 0 Å². The topological polar surface area (TPSA) is 35.2 Å². The number of hydrogen-bond donors (Lipinski definition) is 1. The molecule has 0 radical (unpaired) electrons. The van der Waals surface area contributed by atoms with E-state index in [-0.39, 0.29) is 0 Å². The maximum absolute atomic E-state index is 5.87. The minimum absolute atomic E-state index is 0.547. The summed E-state index contributed by atoms with van der Waals surface area (Å²) in [4.78, 5) is 1.17. The van der Waals surface area contributed by atoms with Gasteiger partial charge in [0.1, 0.15) is 12.4 Å². The van der Waals surface area contributed by atoms with E-state index in [2.05, 4.69) is 15.9 Å². The number of hydrogen-bond acceptors (Lipinski definition) is 3. The molecule has 0 aliphatic heterocycles. The minimum atomic E-state index is 0.547. The van der Waals surface area contributed by atoms with Gasteiger partial charge < -0.3 is 10.5 Å². The molecule has 0 saturated heterocycles. The summed E-state index contributed by atoms with van der Waals surface area (Å²) < 4.78 is 6.76. The van der Waals surface area contributed by atoms with E-state index < -0.39 is 0 Å². The van der Waals surface area contributed by atoms with Crippen LogP contribution in [0.5, 0.6) is 5.75 Å². The number of halogens is 1. The van der Waals surface area contributed by atoms with E-state index in [0.717, 1.165) is 15.8 Å². The Labute approximate surface area is 107 Å². The van der Waals surface area contributed by atoms with Crippen LogP contribution >= 0.6 is 27.3 Å². The van der Waals surface area contributed by atoms with Gasteiger partial charge >= 0.3 is 0 Å². The molecule has 1 aromatic carbocycles. The van der Waals surface area contributed by atoms with Crippen LogP contribution in [0.25, 0.3) is 0 Å². The van der Waals surface area contributed by atoms with Gasteiger partial charge in [-0.05, 0) is 52.0 Å². The van der Waals surface area contributed by atoms with E-state index in [1.54, 1.807) is 11.3 Å². The molecule has 2 N–H and O–H groups in total. The first-order chi connectivity index (χ1) is 7.66. The molecule has 0 bridgehead atoms. The molecule has 1 aromatic heterocycles. The molecule has 0 aliphatic rings. The molecule has 0 atom stereocenters. The van der Waals surface area contributed by atoms with Gasteiger partial charge in [-0.25, -0.2) is 0 Å². The van der Waals surface area contributed by atoms with E-state index in [1.165, 1.54) is 4.88 Å². The van der Waals surface area contributed by atoms with Gasteiger partial charge in [-0.2, -0.15) is 0 Å². The molecular formula is C12H12BrNOS. The molecule has 4 heteroatoms. The summed E-state index contributed by atoms with van der Waals surface area (Å²) in [6.07, 6.45) is 0. The molecule has 0 fully saturated rings. The number of ether oxygens (including phenoxy) is 1. The van der Waals surface area contributed by atoms with Crippen molar-refractivity contribution in [2.45, 2.75) is 13.5 Å². The summed E-state index contributed by atoms with van der Waals surface area (Å²) >= 11 is 5.13. The van der Waals surface area contributed by atoms with Crippen LogP contribution in [0.3, 0.4) is 0 Å². The highest BCUT2D eigenvalue weighted by molar-refractivity contribution is 9.10. The summed E-state index contributed by atoms with van der Waals surface area (Å²) in [7, 11) is 0. The Kier molecular flexibility index (Phi) is 3.51. The first-order valence-corrected chi connectivity index (χ1v) is 6.55. The lowest BCUT2D eigenvalue weighted by Gasteiger charge is -2.08. The fourth-order valence-corrected chi connectivity index (χ4v) is 2.75. The number of thiophene rings is 1. The molecule has 0 aliphatic carbocycles. The molecule has 84 valence electrons. The number of nitrogens with two attached hydrogens (primary N) is 1. The van der Waals surface area contributed by atoms with Crippen LogP contribution in [0.4, 0.5) is 5.69 Å². The van der Waals surface area contributed by atoms with Gasteiger partial charge in [0.2, 0.25) is 0 Å². The number of anilines is 1. The third-order valence-corrected chi connectivity index (χ3v) is 4.11.